The fourth-order valence-corrected chi connectivity index (χ4v) is 1.33. The largest absolute Gasteiger partial charge is 0.480 e. The van der Waals surface area contributed by atoms with Crippen molar-refractivity contribution in [3.05, 3.63) is 36.4 Å². The summed E-state index contributed by atoms with van der Waals surface area (Å²) in [5.74, 6) is -1.08. The zero-order valence-corrected chi connectivity index (χ0v) is 9.04. The van der Waals surface area contributed by atoms with Crippen molar-refractivity contribution in [1.29, 1.82) is 0 Å². The van der Waals surface area contributed by atoms with Gasteiger partial charge < -0.3 is 5.11 Å². The standard InChI is InChI=1S/C11H10FN3O2/c1-7(11(16)17)15-6-13-10(14-15)8-3-2-4-9(12)5-8/h2-7H,1H3,(H,16,17). The van der Waals surface area contributed by atoms with E-state index in [4.69, 9.17) is 5.11 Å². The molecular formula is C11H10FN3O2. The van der Waals surface area contributed by atoms with E-state index in [1.807, 2.05) is 0 Å². The molecule has 88 valence electrons. The van der Waals surface area contributed by atoms with Crippen LogP contribution in [0.2, 0.25) is 0 Å². The highest BCUT2D eigenvalue weighted by Crippen LogP contribution is 2.16. The first-order valence-corrected chi connectivity index (χ1v) is 4.98. The Kier molecular flexibility index (Phi) is 2.86. The van der Waals surface area contributed by atoms with Gasteiger partial charge in [0.15, 0.2) is 5.82 Å². The van der Waals surface area contributed by atoms with Gasteiger partial charge in [-0.2, -0.15) is 5.10 Å². The van der Waals surface area contributed by atoms with Gasteiger partial charge in [-0.05, 0) is 19.1 Å². The maximum Gasteiger partial charge on any atom is 0.328 e. The number of hydrogen-bond donors (Lipinski definition) is 1. The number of carboxylic acids is 1. The van der Waals surface area contributed by atoms with Crippen LogP contribution >= 0.6 is 0 Å². The highest BCUT2D eigenvalue weighted by molar-refractivity contribution is 5.71. The first-order chi connectivity index (χ1) is 8.08. The summed E-state index contributed by atoms with van der Waals surface area (Å²) in [4.78, 5) is 14.7. The van der Waals surface area contributed by atoms with Crippen LogP contribution < -0.4 is 0 Å². The van der Waals surface area contributed by atoms with E-state index in [1.165, 1.54) is 30.1 Å². The van der Waals surface area contributed by atoms with E-state index in [0.717, 1.165) is 0 Å². The van der Waals surface area contributed by atoms with E-state index in [2.05, 4.69) is 10.1 Å². The normalized spacial score (nSPS) is 12.4. The van der Waals surface area contributed by atoms with Gasteiger partial charge in [0, 0.05) is 5.56 Å². The third-order valence-corrected chi connectivity index (χ3v) is 2.35. The summed E-state index contributed by atoms with van der Waals surface area (Å²) in [7, 11) is 0. The summed E-state index contributed by atoms with van der Waals surface area (Å²) in [6.45, 7) is 1.49. The molecule has 6 heteroatoms. The highest BCUT2D eigenvalue weighted by Gasteiger charge is 2.15. The molecule has 2 aromatic rings. The lowest BCUT2D eigenvalue weighted by molar-refractivity contribution is -0.140. The van der Waals surface area contributed by atoms with Gasteiger partial charge in [-0.3, -0.25) is 0 Å². The Morgan fingerprint density at radius 3 is 2.94 bits per heavy atom. The third-order valence-electron chi connectivity index (χ3n) is 2.35. The molecule has 0 saturated carbocycles. The van der Waals surface area contributed by atoms with Crippen molar-refractivity contribution >= 4 is 5.97 Å². The molecule has 1 heterocycles. The molecule has 0 amide bonds. The third kappa shape index (κ3) is 2.30. The maximum atomic E-state index is 13.0. The average molecular weight is 235 g/mol. The molecule has 0 radical (unpaired) electrons. The van der Waals surface area contributed by atoms with Crippen LogP contribution in [0.3, 0.4) is 0 Å². The van der Waals surface area contributed by atoms with Crippen LogP contribution in [-0.2, 0) is 4.79 Å². The number of nitrogens with zero attached hydrogens (tertiary/aromatic N) is 3. The Hall–Kier alpha value is -2.24. The van der Waals surface area contributed by atoms with E-state index >= 15 is 0 Å². The SMILES string of the molecule is CC(C(=O)O)n1cnc(-c2cccc(F)c2)n1. The number of hydrogen-bond acceptors (Lipinski definition) is 3. The van der Waals surface area contributed by atoms with Gasteiger partial charge in [0.05, 0.1) is 0 Å². The average Bonchev–Trinajstić information content (AvgIpc) is 2.77. The number of halogens is 1. The van der Waals surface area contributed by atoms with Crippen LogP contribution in [0.15, 0.2) is 30.6 Å². The minimum atomic E-state index is -0.999. The Labute approximate surface area is 96.5 Å². The molecule has 1 aromatic heterocycles. The number of rotatable bonds is 3. The predicted octanol–water partition coefficient (Wildman–Crippen LogP) is 1.73. The molecule has 2 rings (SSSR count). The summed E-state index contributed by atoms with van der Waals surface area (Å²) < 4.78 is 14.2. The van der Waals surface area contributed by atoms with E-state index in [9.17, 15) is 9.18 Å². The maximum absolute atomic E-state index is 13.0. The molecule has 0 aliphatic carbocycles. The van der Waals surface area contributed by atoms with Crippen LogP contribution in [0.4, 0.5) is 4.39 Å². The van der Waals surface area contributed by atoms with Crippen LogP contribution in [-0.4, -0.2) is 25.8 Å². The number of carboxylic acid groups (broad SMARTS) is 1. The first kappa shape index (κ1) is 11.3. The van der Waals surface area contributed by atoms with E-state index in [1.54, 1.807) is 12.1 Å². The van der Waals surface area contributed by atoms with E-state index in [0.29, 0.717) is 11.4 Å². The van der Waals surface area contributed by atoms with Gasteiger partial charge in [-0.25, -0.2) is 18.9 Å². The summed E-state index contributed by atoms with van der Waals surface area (Å²) >= 11 is 0. The molecular weight excluding hydrogens is 225 g/mol. The van der Waals surface area contributed by atoms with Gasteiger partial charge in [0.1, 0.15) is 18.2 Å². The molecule has 0 saturated heterocycles. The molecule has 1 atom stereocenters. The fraction of sp³-hybridized carbons (Fsp3) is 0.182. The Bertz CT molecular complexity index is 553. The minimum absolute atomic E-state index is 0.303. The summed E-state index contributed by atoms with van der Waals surface area (Å²) in [6.07, 6.45) is 1.32. The van der Waals surface area contributed by atoms with Gasteiger partial charge in [-0.15, -0.1) is 0 Å². The Morgan fingerprint density at radius 2 is 2.29 bits per heavy atom. The lowest BCUT2D eigenvalue weighted by Crippen LogP contribution is -2.15. The summed E-state index contributed by atoms with van der Waals surface area (Å²) in [5.41, 5.74) is 0.515. The molecule has 0 spiro atoms. The van der Waals surface area contributed by atoms with Gasteiger partial charge >= 0.3 is 5.97 Å². The topological polar surface area (TPSA) is 68.0 Å². The van der Waals surface area contributed by atoms with E-state index < -0.39 is 12.0 Å². The van der Waals surface area contributed by atoms with E-state index in [-0.39, 0.29) is 5.82 Å². The Morgan fingerprint density at radius 1 is 1.53 bits per heavy atom. The molecule has 0 fully saturated rings. The molecule has 1 aromatic carbocycles. The minimum Gasteiger partial charge on any atom is -0.480 e. The van der Waals surface area contributed by atoms with Crippen molar-refractivity contribution in [3.8, 4) is 11.4 Å². The molecule has 0 bridgehead atoms. The summed E-state index contributed by atoms with van der Waals surface area (Å²) in [6, 6.07) is 5.02. The second kappa shape index (κ2) is 4.32. The smallest absolute Gasteiger partial charge is 0.328 e. The quantitative estimate of drug-likeness (QED) is 0.879. The second-order valence-electron chi connectivity index (χ2n) is 3.57. The van der Waals surface area contributed by atoms with Gasteiger partial charge in [0.2, 0.25) is 0 Å². The molecule has 17 heavy (non-hydrogen) atoms. The molecule has 0 aliphatic heterocycles. The van der Waals surface area contributed by atoms with Crippen molar-refractivity contribution in [2.24, 2.45) is 0 Å². The number of aliphatic carboxylic acids is 1. The summed E-state index contributed by atoms with van der Waals surface area (Å²) in [5, 5.41) is 12.8. The van der Waals surface area contributed by atoms with Gasteiger partial charge in [0.25, 0.3) is 0 Å². The zero-order chi connectivity index (χ0) is 12.4. The molecule has 1 N–H and O–H groups in total. The number of aromatic nitrogens is 3. The van der Waals surface area contributed by atoms with Crippen molar-refractivity contribution in [2.75, 3.05) is 0 Å². The van der Waals surface area contributed by atoms with Crippen LogP contribution in [0, 0.1) is 5.82 Å². The van der Waals surface area contributed by atoms with Crippen molar-refractivity contribution in [3.63, 3.8) is 0 Å². The molecule has 5 nitrogen and oxygen atoms in total. The zero-order valence-electron chi connectivity index (χ0n) is 9.04. The predicted molar refractivity (Wildman–Crippen MR) is 57.8 cm³/mol. The second-order valence-corrected chi connectivity index (χ2v) is 3.57. The fourth-order valence-electron chi connectivity index (χ4n) is 1.33. The van der Waals surface area contributed by atoms with Crippen molar-refractivity contribution < 1.29 is 14.3 Å². The molecule has 0 aliphatic rings. The Balaban J connectivity index is 2.33. The number of carbonyl (C=O) groups is 1. The highest BCUT2D eigenvalue weighted by atomic mass is 19.1. The van der Waals surface area contributed by atoms with Gasteiger partial charge in [-0.1, -0.05) is 12.1 Å². The molecule has 1 unspecified atom stereocenters. The first-order valence-electron chi connectivity index (χ1n) is 4.98. The monoisotopic (exact) mass is 235 g/mol. The van der Waals surface area contributed by atoms with Crippen molar-refractivity contribution in [2.45, 2.75) is 13.0 Å². The van der Waals surface area contributed by atoms with Crippen LogP contribution in [0.25, 0.3) is 11.4 Å². The van der Waals surface area contributed by atoms with Crippen LogP contribution in [0.5, 0.6) is 0 Å². The number of benzene rings is 1. The lowest BCUT2D eigenvalue weighted by Gasteiger charge is -2.04. The van der Waals surface area contributed by atoms with Crippen molar-refractivity contribution in [1.82, 2.24) is 14.8 Å². The van der Waals surface area contributed by atoms with Crippen LogP contribution in [0.1, 0.15) is 13.0 Å². The lowest BCUT2D eigenvalue weighted by atomic mass is 10.2.